The van der Waals surface area contributed by atoms with Crippen LogP contribution in [0.4, 0.5) is 11.4 Å². The second-order valence-corrected chi connectivity index (χ2v) is 7.19. The predicted octanol–water partition coefficient (Wildman–Crippen LogP) is 3.97. The van der Waals surface area contributed by atoms with Crippen LogP contribution in [0, 0.1) is 0 Å². The minimum absolute atomic E-state index is 0.275. The number of nitrogens with one attached hydrogen (secondary N) is 2. The van der Waals surface area contributed by atoms with Crippen molar-refractivity contribution in [3.8, 4) is 11.1 Å². The number of hydrogen-bond acceptors (Lipinski definition) is 5. The number of fused-ring (bicyclic) bond motifs is 1. The minimum Gasteiger partial charge on any atom is -0.399 e. The van der Waals surface area contributed by atoms with Gasteiger partial charge >= 0.3 is 0 Å². The van der Waals surface area contributed by atoms with Gasteiger partial charge in [0.1, 0.15) is 4.90 Å². The normalized spacial score (nSPS) is 21.2. The lowest BCUT2D eigenvalue weighted by Gasteiger charge is -2.42. The van der Waals surface area contributed by atoms with Gasteiger partial charge in [0, 0.05) is 16.3 Å². The maximum Gasteiger partial charge on any atom is 0.100 e. The Bertz CT molecular complexity index is 709. The van der Waals surface area contributed by atoms with Crippen LogP contribution in [0.15, 0.2) is 41.3 Å². The first-order valence-electron chi connectivity index (χ1n) is 6.38. The van der Waals surface area contributed by atoms with Crippen LogP contribution in [-0.2, 0) is 0 Å². The van der Waals surface area contributed by atoms with E-state index < -0.39 is 10.8 Å². The summed E-state index contributed by atoms with van der Waals surface area (Å²) in [4.78, 5) is 0.366. The molecule has 1 atom stereocenters. The molecule has 2 aromatic carbocycles. The zero-order chi connectivity index (χ0) is 15.2. The Hall–Kier alpha value is -1.44. The fourth-order valence-corrected chi connectivity index (χ4v) is 4.15. The molecule has 0 saturated heterocycles. The van der Waals surface area contributed by atoms with Crippen molar-refractivity contribution >= 4 is 33.8 Å². The highest BCUT2D eigenvalue weighted by Gasteiger charge is 2.30. The Kier molecular flexibility index (Phi) is 3.51. The molecule has 112 valence electrons. The van der Waals surface area contributed by atoms with Gasteiger partial charge in [-0.2, -0.15) is 4.72 Å². The van der Waals surface area contributed by atoms with Gasteiger partial charge in [0.25, 0.3) is 0 Å². The van der Waals surface area contributed by atoms with E-state index in [9.17, 15) is 9.11 Å². The molecule has 1 unspecified atom stereocenters. The quantitative estimate of drug-likeness (QED) is 0.512. The summed E-state index contributed by atoms with van der Waals surface area (Å²) in [7, 11) is -3.08. The highest BCUT2D eigenvalue weighted by molar-refractivity contribution is 8.22. The van der Waals surface area contributed by atoms with Crippen LogP contribution < -0.4 is 15.8 Å². The first-order valence-corrected chi connectivity index (χ1v) is 8.31. The zero-order valence-electron chi connectivity index (χ0n) is 11.3. The van der Waals surface area contributed by atoms with Crippen LogP contribution in [0.2, 0.25) is 5.02 Å². The molecule has 1 heterocycles. The van der Waals surface area contributed by atoms with E-state index in [2.05, 4.69) is 10.0 Å². The summed E-state index contributed by atoms with van der Waals surface area (Å²) in [5.74, 6) is 0. The lowest BCUT2D eigenvalue weighted by molar-refractivity contribution is 0.457. The molecule has 0 spiro atoms. The lowest BCUT2D eigenvalue weighted by Crippen LogP contribution is -2.40. The summed E-state index contributed by atoms with van der Waals surface area (Å²) in [6.07, 6.45) is -0.275. The Morgan fingerprint density at radius 2 is 2.00 bits per heavy atom. The third-order valence-corrected chi connectivity index (χ3v) is 5.11. The number of hydrogen-bond donors (Lipinski definition) is 5. The largest absolute Gasteiger partial charge is 0.399 e. The second-order valence-electron chi connectivity index (χ2n) is 4.98. The average Bonchev–Trinajstić information content (AvgIpc) is 2.38. The van der Waals surface area contributed by atoms with Crippen LogP contribution >= 0.6 is 22.4 Å². The number of nitrogen functional groups attached to an aromatic ring is 1. The Morgan fingerprint density at radius 1 is 1.24 bits per heavy atom. The fourth-order valence-electron chi connectivity index (χ4n) is 2.45. The molecule has 0 amide bonds. The Morgan fingerprint density at radius 3 is 2.71 bits per heavy atom. The molecule has 1 aliphatic rings. The SMILES string of the molecule is CC1Nc2c(-c3cccc(N)c3)cc(Cl)cc2S(O)(O)N1. The standard InChI is InChI=1S/C14H16ClN3O2S/c1-8-17-14-12(9-3-2-4-11(16)5-9)6-10(15)7-13(14)21(19,20)18-8/h2-8,17-20H,16H2,1H3. The van der Waals surface area contributed by atoms with Crippen LogP contribution in [0.1, 0.15) is 6.92 Å². The van der Waals surface area contributed by atoms with Gasteiger partial charge in [0.05, 0.1) is 11.9 Å². The molecule has 1 aliphatic heterocycles. The van der Waals surface area contributed by atoms with E-state index in [0.29, 0.717) is 21.3 Å². The number of nitrogens with two attached hydrogens (primary N) is 1. The van der Waals surface area contributed by atoms with Gasteiger partial charge in [-0.25, -0.2) is 0 Å². The summed E-state index contributed by atoms with van der Waals surface area (Å²) < 4.78 is 23.2. The number of anilines is 2. The molecule has 7 heteroatoms. The molecular formula is C14H16ClN3O2S. The second kappa shape index (κ2) is 5.08. The van der Waals surface area contributed by atoms with E-state index in [1.807, 2.05) is 25.1 Å². The van der Waals surface area contributed by atoms with Crippen molar-refractivity contribution in [2.24, 2.45) is 0 Å². The van der Waals surface area contributed by atoms with Crippen molar-refractivity contribution in [3.63, 3.8) is 0 Å². The van der Waals surface area contributed by atoms with Crippen LogP contribution in [-0.4, -0.2) is 15.3 Å². The van der Waals surface area contributed by atoms with Gasteiger partial charge < -0.3 is 11.1 Å². The summed E-state index contributed by atoms with van der Waals surface area (Å²) in [6, 6.07) is 10.7. The first kappa shape index (κ1) is 14.5. The molecule has 5 nitrogen and oxygen atoms in total. The molecule has 2 aromatic rings. The Labute approximate surface area is 129 Å². The molecule has 21 heavy (non-hydrogen) atoms. The van der Waals surface area contributed by atoms with Gasteiger partial charge in [0.2, 0.25) is 0 Å². The van der Waals surface area contributed by atoms with E-state index in [1.165, 1.54) is 0 Å². The summed E-state index contributed by atoms with van der Waals surface area (Å²) in [6.45, 7) is 1.81. The van der Waals surface area contributed by atoms with Crippen molar-refractivity contribution < 1.29 is 9.11 Å². The maximum atomic E-state index is 10.3. The summed E-state index contributed by atoms with van der Waals surface area (Å²) in [5.41, 5.74) is 8.78. The lowest BCUT2D eigenvalue weighted by atomic mass is 10.0. The summed E-state index contributed by atoms with van der Waals surface area (Å²) in [5, 5.41) is 3.65. The van der Waals surface area contributed by atoms with Crippen molar-refractivity contribution in [2.75, 3.05) is 11.1 Å². The van der Waals surface area contributed by atoms with Crippen LogP contribution in [0.25, 0.3) is 11.1 Å². The third kappa shape index (κ3) is 2.68. The highest BCUT2D eigenvalue weighted by atomic mass is 35.5. The minimum atomic E-state index is -3.08. The van der Waals surface area contributed by atoms with Gasteiger partial charge in [-0.1, -0.05) is 23.7 Å². The van der Waals surface area contributed by atoms with Gasteiger partial charge in [-0.15, -0.1) is 10.8 Å². The number of rotatable bonds is 1. The topological polar surface area (TPSA) is 90.5 Å². The maximum absolute atomic E-state index is 10.3. The monoisotopic (exact) mass is 325 g/mol. The third-order valence-electron chi connectivity index (χ3n) is 3.27. The van der Waals surface area contributed by atoms with E-state index in [4.69, 9.17) is 17.3 Å². The van der Waals surface area contributed by atoms with Crippen molar-refractivity contribution in [1.82, 2.24) is 4.72 Å². The van der Waals surface area contributed by atoms with Gasteiger partial charge in [0.15, 0.2) is 0 Å². The number of halogens is 1. The van der Waals surface area contributed by atoms with Crippen molar-refractivity contribution in [2.45, 2.75) is 18.0 Å². The molecule has 0 fully saturated rings. The molecule has 6 N–H and O–H groups in total. The van der Waals surface area contributed by atoms with Crippen LogP contribution in [0.3, 0.4) is 0 Å². The van der Waals surface area contributed by atoms with E-state index in [1.54, 1.807) is 18.2 Å². The van der Waals surface area contributed by atoms with E-state index in [0.717, 1.165) is 11.1 Å². The van der Waals surface area contributed by atoms with Crippen LogP contribution in [0.5, 0.6) is 0 Å². The molecule has 0 saturated carbocycles. The Balaban J connectivity index is 2.25. The smallest absolute Gasteiger partial charge is 0.100 e. The average molecular weight is 326 g/mol. The number of benzene rings is 2. The van der Waals surface area contributed by atoms with Crippen molar-refractivity contribution in [1.29, 1.82) is 0 Å². The first-order chi connectivity index (χ1) is 9.87. The van der Waals surface area contributed by atoms with Crippen molar-refractivity contribution in [3.05, 3.63) is 41.4 Å². The van der Waals surface area contributed by atoms with Gasteiger partial charge in [-0.3, -0.25) is 9.11 Å². The molecule has 0 aromatic heterocycles. The molecular weight excluding hydrogens is 310 g/mol. The van der Waals surface area contributed by atoms with E-state index in [-0.39, 0.29) is 6.17 Å². The highest BCUT2D eigenvalue weighted by Crippen LogP contribution is 2.54. The van der Waals surface area contributed by atoms with Gasteiger partial charge in [-0.05, 0) is 36.8 Å². The summed E-state index contributed by atoms with van der Waals surface area (Å²) >= 11 is 6.14. The zero-order valence-corrected chi connectivity index (χ0v) is 12.9. The predicted molar refractivity (Wildman–Crippen MR) is 88.6 cm³/mol. The molecule has 0 radical (unpaired) electrons. The molecule has 0 aliphatic carbocycles. The van der Waals surface area contributed by atoms with E-state index >= 15 is 0 Å². The fraction of sp³-hybridized carbons (Fsp3) is 0.143. The molecule has 0 bridgehead atoms. The molecule has 3 rings (SSSR count).